The first-order valence-corrected chi connectivity index (χ1v) is 8.84. The van der Waals surface area contributed by atoms with E-state index in [1.807, 2.05) is 24.3 Å². The Labute approximate surface area is 157 Å². The fourth-order valence-electron chi connectivity index (χ4n) is 2.83. The number of nitrogens with one attached hydrogen (secondary N) is 2. The Morgan fingerprint density at radius 1 is 1.08 bits per heavy atom. The second-order valence-electron chi connectivity index (χ2n) is 6.51. The van der Waals surface area contributed by atoms with Gasteiger partial charge in [-0.25, -0.2) is 0 Å². The van der Waals surface area contributed by atoms with Gasteiger partial charge in [0, 0.05) is 25.7 Å². The number of ether oxygens (including phenoxy) is 1. The van der Waals surface area contributed by atoms with E-state index in [0.717, 1.165) is 23.8 Å². The standard InChI is InChI=1S/C21H30N4O/c1-16-10-12-17(13-11-16)19(25(3)4)15-24-21(22-2)23-14-18-8-6-7-9-20(18)26-5/h6-13,19H,14-15H2,1-5H3,(H2,22,23,24). The van der Waals surface area contributed by atoms with Crippen LogP contribution in [-0.4, -0.2) is 45.7 Å². The van der Waals surface area contributed by atoms with Crippen LogP contribution in [0, 0.1) is 6.92 Å². The van der Waals surface area contributed by atoms with Gasteiger partial charge < -0.3 is 20.3 Å². The van der Waals surface area contributed by atoms with E-state index in [1.165, 1.54) is 11.1 Å². The second kappa shape index (κ2) is 9.82. The third kappa shape index (κ3) is 5.49. The molecular weight excluding hydrogens is 324 g/mol. The predicted molar refractivity (Wildman–Crippen MR) is 109 cm³/mol. The summed E-state index contributed by atoms with van der Waals surface area (Å²) < 4.78 is 5.40. The second-order valence-corrected chi connectivity index (χ2v) is 6.51. The molecule has 1 atom stereocenters. The molecule has 1 unspecified atom stereocenters. The summed E-state index contributed by atoms with van der Waals surface area (Å²) in [6.45, 7) is 3.53. The summed E-state index contributed by atoms with van der Waals surface area (Å²) in [4.78, 5) is 6.55. The maximum Gasteiger partial charge on any atom is 0.191 e. The fourth-order valence-corrected chi connectivity index (χ4v) is 2.83. The van der Waals surface area contributed by atoms with E-state index in [2.05, 4.69) is 65.8 Å². The summed E-state index contributed by atoms with van der Waals surface area (Å²) in [5.41, 5.74) is 3.66. The van der Waals surface area contributed by atoms with E-state index < -0.39 is 0 Å². The lowest BCUT2D eigenvalue weighted by molar-refractivity contribution is 0.298. The van der Waals surface area contributed by atoms with E-state index >= 15 is 0 Å². The number of nitrogens with zero attached hydrogens (tertiary/aromatic N) is 2. The normalized spacial score (nSPS) is 12.8. The number of hydrogen-bond acceptors (Lipinski definition) is 3. The summed E-state index contributed by atoms with van der Waals surface area (Å²) in [5.74, 6) is 1.65. The van der Waals surface area contributed by atoms with Crippen LogP contribution in [-0.2, 0) is 6.54 Å². The van der Waals surface area contributed by atoms with Crippen LogP contribution in [0.2, 0.25) is 0 Å². The molecule has 5 nitrogen and oxygen atoms in total. The van der Waals surface area contributed by atoms with Gasteiger partial charge in [0.15, 0.2) is 5.96 Å². The Balaban J connectivity index is 1.97. The molecule has 0 fully saturated rings. The van der Waals surface area contributed by atoms with Crippen LogP contribution >= 0.6 is 0 Å². The van der Waals surface area contributed by atoms with Crippen molar-refractivity contribution in [2.45, 2.75) is 19.5 Å². The summed E-state index contributed by atoms with van der Waals surface area (Å²) in [5, 5.41) is 6.78. The molecule has 0 aromatic heterocycles. The fraction of sp³-hybridized carbons (Fsp3) is 0.381. The minimum atomic E-state index is 0.264. The van der Waals surface area contributed by atoms with Crippen molar-refractivity contribution in [3.05, 3.63) is 65.2 Å². The highest BCUT2D eigenvalue weighted by Crippen LogP contribution is 2.18. The Bertz CT molecular complexity index is 710. The van der Waals surface area contributed by atoms with Crippen LogP contribution in [0.3, 0.4) is 0 Å². The number of rotatable bonds is 7. The van der Waals surface area contributed by atoms with Gasteiger partial charge in [0.25, 0.3) is 0 Å². The summed E-state index contributed by atoms with van der Waals surface area (Å²) in [7, 11) is 7.66. The number of aliphatic imine (C=N–C) groups is 1. The molecule has 0 aliphatic rings. The van der Waals surface area contributed by atoms with E-state index in [1.54, 1.807) is 14.2 Å². The molecular formula is C21H30N4O. The third-order valence-electron chi connectivity index (χ3n) is 4.41. The molecule has 2 rings (SSSR count). The van der Waals surface area contributed by atoms with Crippen molar-refractivity contribution >= 4 is 5.96 Å². The SMILES string of the molecule is CN=C(NCc1ccccc1OC)NCC(c1ccc(C)cc1)N(C)C. The molecule has 5 heteroatoms. The van der Waals surface area contributed by atoms with Crippen LogP contribution in [0.25, 0.3) is 0 Å². The van der Waals surface area contributed by atoms with Crippen LogP contribution in [0.1, 0.15) is 22.7 Å². The lowest BCUT2D eigenvalue weighted by atomic mass is 10.0. The largest absolute Gasteiger partial charge is 0.496 e. The molecule has 2 aromatic rings. The Hall–Kier alpha value is -2.53. The maximum atomic E-state index is 5.40. The Morgan fingerprint density at radius 3 is 2.38 bits per heavy atom. The van der Waals surface area contributed by atoms with Gasteiger partial charge in [0.2, 0.25) is 0 Å². The molecule has 0 radical (unpaired) electrons. The first-order chi connectivity index (χ1) is 12.5. The predicted octanol–water partition coefficient (Wildman–Crippen LogP) is 2.97. The first kappa shape index (κ1) is 19.8. The van der Waals surface area contributed by atoms with E-state index in [-0.39, 0.29) is 6.04 Å². The van der Waals surface area contributed by atoms with Gasteiger partial charge in [-0.05, 0) is 32.6 Å². The first-order valence-electron chi connectivity index (χ1n) is 8.84. The molecule has 2 aromatic carbocycles. The molecule has 140 valence electrons. The molecule has 0 saturated carbocycles. The number of likely N-dealkylation sites (N-methyl/N-ethyl adjacent to an activating group) is 1. The van der Waals surface area contributed by atoms with Crippen LogP contribution in [0.15, 0.2) is 53.5 Å². The molecule has 0 amide bonds. The molecule has 2 N–H and O–H groups in total. The van der Waals surface area contributed by atoms with Crippen molar-refractivity contribution in [2.75, 3.05) is 34.8 Å². The van der Waals surface area contributed by atoms with Gasteiger partial charge in [-0.2, -0.15) is 0 Å². The summed E-state index contributed by atoms with van der Waals surface area (Å²) >= 11 is 0. The van der Waals surface area contributed by atoms with E-state index in [0.29, 0.717) is 6.54 Å². The highest BCUT2D eigenvalue weighted by molar-refractivity contribution is 5.79. The van der Waals surface area contributed by atoms with Crippen molar-refractivity contribution in [1.29, 1.82) is 0 Å². The quantitative estimate of drug-likeness (QED) is 0.593. The average Bonchev–Trinajstić information content (AvgIpc) is 2.65. The number of guanidine groups is 1. The van der Waals surface area contributed by atoms with Crippen molar-refractivity contribution in [1.82, 2.24) is 15.5 Å². The third-order valence-corrected chi connectivity index (χ3v) is 4.41. The minimum absolute atomic E-state index is 0.264. The summed E-state index contributed by atoms with van der Waals surface area (Å²) in [6.07, 6.45) is 0. The molecule has 0 bridgehead atoms. The molecule has 26 heavy (non-hydrogen) atoms. The number of aryl methyl sites for hydroxylation is 1. The van der Waals surface area contributed by atoms with Crippen LogP contribution in [0.4, 0.5) is 0 Å². The topological polar surface area (TPSA) is 48.9 Å². The monoisotopic (exact) mass is 354 g/mol. The molecule has 0 saturated heterocycles. The van der Waals surface area contributed by atoms with Gasteiger partial charge in [-0.15, -0.1) is 0 Å². The maximum absolute atomic E-state index is 5.40. The highest BCUT2D eigenvalue weighted by atomic mass is 16.5. The molecule has 0 spiro atoms. The van der Waals surface area contributed by atoms with E-state index in [9.17, 15) is 0 Å². The van der Waals surface area contributed by atoms with Gasteiger partial charge in [-0.3, -0.25) is 4.99 Å². The molecule has 0 aliphatic carbocycles. The minimum Gasteiger partial charge on any atom is -0.496 e. The van der Waals surface area contributed by atoms with Crippen molar-refractivity contribution in [2.24, 2.45) is 4.99 Å². The average molecular weight is 354 g/mol. The zero-order valence-electron chi connectivity index (χ0n) is 16.4. The lowest BCUT2D eigenvalue weighted by Gasteiger charge is -2.26. The Kier molecular flexibility index (Phi) is 7.48. The van der Waals surface area contributed by atoms with Gasteiger partial charge in [-0.1, -0.05) is 48.0 Å². The van der Waals surface area contributed by atoms with Gasteiger partial charge in [0.1, 0.15) is 5.75 Å². The van der Waals surface area contributed by atoms with Crippen molar-refractivity contribution < 1.29 is 4.74 Å². The summed E-state index contributed by atoms with van der Waals surface area (Å²) in [6, 6.07) is 16.9. The Morgan fingerprint density at radius 2 is 1.77 bits per heavy atom. The van der Waals surface area contributed by atoms with Crippen LogP contribution in [0.5, 0.6) is 5.75 Å². The molecule has 0 aliphatic heterocycles. The number of hydrogen-bond donors (Lipinski definition) is 2. The zero-order chi connectivity index (χ0) is 18.9. The van der Waals surface area contributed by atoms with Crippen LogP contribution < -0.4 is 15.4 Å². The smallest absolute Gasteiger partial charge is 0.191 e. The number of methoxy groups -OCH3 is 1. The molecule has 0 heterocycles. The van der Waals surface area contributed by atoms with E-state index in [4.69, 9.17) is 4.74 Å². The van der Waals surface area contributed by atoms with Gasteiger partial charge >= 0.3 is 0 Å². The highest BCUT2D eigenvalue weighted by Gasteiger charge is 2.14. The van der Waals surface area contributed by atoms with Gasteiger partial charge in [0.05, 0.1) is 13.2 Å². The lowest BCUT2D eigenvalue weighted by Crippen LogP contribution is -2.41. The number of benzene rings is 2. The zero-order valence-corrected chi connectivity index (χ0v) is 16.4. The number of para-hydroxylation sites is 1. The van der Waals surface area contributed by atoms with Crippen molar-refractivity contribution in [3.63, 3.8) is 0 Å². The van der Waals surface area contributed by atoms with Crippen molar-refractivity contribution in [3.8, 4) is 5.75 Å².